The molecule has 0 unspecified atom stereocenters. The molecule has 1 aromatic rings. The molecule has 0 fully saturated rings. The molecule has 1 aromatic carbocycles. The fraction of sp³-hybridized carbons (Fsp3) is 0.400. The number of hydrogen-bond acceptors (Lipinski definition) is 0. The van der Waals surface area contributed by atoms with Crippen molar-refractivity contribution in [3.05, 3.63) is 34.9 Å². The number of benzene rings is 1. The number of rotatable bonds is 1. The molecule has 0 aliphatic heterocycles. The van der Waals surface area contributed by atoms with E-state index in [2.05, 4.69) is 0 Å². The molecule has 0 bridgehead atoms. The van der Waals surface area contributed by atoms with Gasteiger partial charge in [0.2, 0.25) is 0 Å². The van der Waals surface area contributed by atoms with Crippen molar-refractivity contribution in [2.24, 2.45) is 0 Å². The summed E-state index contributed by atoms with van der Waals surface area (Å²) >= 11 is 0. The fourth-order valence-electron chi connectivity index (χ4n) is 1.21. The summed E-state index contributed by atoms with van der Waals surface area (Å²) in [6.07, 6.45) is 0. The van der Waals surface area contributed by atoms with Crippen molar-refractivity contribution < 1.29 is 8.78 Å². The van der Waals surface area contributed by atoms with Crippen LogP contribution in [-0.4, -0.2) is 0 Å². The molecule has 2 heteroatoms. The maximum absolute atomic E-state index is 13.3. The molecule has 0 heterocycles. The highest BCUT2D eigenvalue weighted by Gasteiger charge is 2.13. The van der Waals surface area contributed by atoms with Crippen LogP contribution in [0.3, 0.4) is 0 Å². The van der Waals surface area contributed by atoms with Crippen LogP contribution in [-0.2, 0) is 0 Å². The molecule has 0 aliphatic rings. The maximum Gasteiger partial charge on any atom is 0.132 e. The second kappa shape index (κ2) is 3.21. The van der Waals surface area contributed by atoms with Gasteiger partial charge >= 0.3 is 0 Å². The summed E-state index contributed by atoms with van der Waals surface area (Å²) in [5.41, 5.74) is 0.690. The van der Waals surface area contributed by atoms with Gasteiger partial charge in [0.25, 0.3) is 0 Å². The van der Waals surface area contributed by atoms with Gasteiger partial charge in [-0.2, -0.15) is 0 Å². The molecular formula is C10H12F2. The molecule has 1 rings (SSSR count). The van der Waals surface area contributed by atoms with E-state index in [1.807, 2.05) is 0 Å². The fourth-order valence-corrected chi connectivity index (χ4v) is 1.21. The Morgan fingerprint density at radius 3 is 2.17 bits per heavy atom. The van der Waals surface area contributed by atoms with Crippen LogP contribution in [0.5, 0.6) is 0 Å². The molecule has 0 amide bonds. The second-order valence-corrected chi connectivity index (χ2v) is 3.25. The predicted molar refractivity (Wildman–Crippen MR) is 45.2 cm³/mol. The van der Waals surface area contributed by atoms with Gasteiger partial charge in [-0.25, -0.2) is 8.78 Å². The van der Waals surface area contributed by atoms with Crippen LogP contribution < -0.4 is 0 Å². The lowest BCUT2D eigenvalue weighted by molar-refractivity contribution is 0.536. The van der Waals surface area contributed by atoms with E-state index in [0.717, 1.165) is 0 Å². The van der Waals surface area contributed by atoms with E-state index in [1.54, 1.807) is 20.8 Å². The normalized spacial score (nSPS) is 10.8. The molecule has 0 aliphatic carbocycles. The smallest absolute Gasteiger partial charge is 0.132 e. The first-order chi connectivity index (χ1) is 5.54. The van der Waals surface area contributed by atoms with Gasteiger partial charge < -0.3 is 0 Å². The Kier molecular flexibility index (Phi) is 2.46. The highest BCUT2D eigenvalue weighted by molar-refractivity contribution is 5.28. The van der Waals surface area contributed by atoms with Gasteiger partial charge in [-0.3, -0.25) is 0 Å². The summed E-state index contributed by atoms with van der Waals surface area (Å²) in [6.45, 7) is 5.20. The second-order valence-electron chi connectivity index (χ2n) is 3.25. The van der Waals surface area contributed by atoms with Crippen molar-refractivity contribution in [3.8, 4) is 0 Å². The zero-order valence-electron chi connectivity index (χ0n) is 7.49. The maximum atomic E-state index is 13.3. The van der Waals surface area contributed by atoms with Crippen LogP contribution in [0.15, 0.2) is 12.1 Å². The molecule has 0 saturated carbocycles. The average molecular weight is 170 g/mol. The molecule has 0 nitrogen and oxygen atoms in total. The Morgan fingerprint density at radius 1 is 1.17 bits per heavy atom. The summed E-state index contributed by atoms with van der Waals surface area (Å²) in [7, 11) is 0. The highest BCUT2D eigenvalue weighted by atomic mass is 19.1. The van der Waals surface area contributed by atoms with Gasteiger partial charge in [0.15, 0.2) is 0 Å². The number of halogens is 2. The van der Waals surface area contributed by atoms with Crippen molar-refractivity contribution in [3.63, 3.8) is 0 Å². The summed E-state index contributed by atoms with van der Waals surface area (Å²) in [5, 5.41) is 0. The van der Waals surface area contributed by atoms with Crippen LogP contribution in [0, 0.1) is 18.6 Å². The van der Waals surface area contributed by atoms with Crippen LogP contribution >= 0.6 is 0 Å². The zero-order valence-corrected chi connectivity index (χ0v) is 7.49. The Bertz CT molecular complexity index is 290. The predicted octanol–water partition coefficient (Wildman–Crippen LogP) is 3.40. The Hall–Kier alpha value is -0.920. The minimum Gasteiger partial charge on any atom is -0.207 e. The lowest BCUT2D eigenvalue weighted by atomic mass is 10.00. The van der Waals surface area contributed by atoms with Gasteiger partial charge in [0, 0.05) is 5.56 Å². The summed E-state index contributed by atoms with van der Waals surface area (Å²) in [4.78, 5) is 0. The first-order valence-corrected chi connectivity index (χ1v) is 3.98. The standard InChI is InChI=1S/C10H12F2/c1-6(2)9-8(11)5-4-7(3)10(9)12/h4-6H,1-3H3. The Labute approximate surface area is 71.2 Å². The monoisotopic (exact) mass is 170 g/mol. The van der Waals surface area contributed by atoms with Gasteiger partial charge in [-0.05, 0) is 24.5 Å². The number of aryl methyl sites for hydroxylation is 1. The molecule has 0 radical (unpaired) electrons. The lowest BCUT2D eigenvalue weighted by Gasteiger charge is -2.09. The third-order valence-electron chi connectivity index (χ3n) is 1.90. The van der Waals surface area contributed by atoms with Crippen molar-refractivity contribution in [1.29, 1.82) is 0 Å². The largest absolute Gasteiger partial charge is 0.207 e. The van der Waals surface area contributed by atoms with E-state index in [9.17, 15) is 8.78 Å². The third kappa shape index (κ3) is 1.47. The Balaban J connectivity index is 3.33. The van der Waals surface area contributed by atoms with Gasteiger partial charge in [0.1, 0.15) is 11.6 Å². The van der Waals surface area contributed by atoms with Crippen LogP contribution in [0.1, 0.15) is 30.9 Å². The van der Waals surface area contributed by atoms with Gasteiger partial charge in [-0.1, -0.05) is 19.9 Å². The van der Waals surface area contributed by atoms with Gasteiger partial charge in [0.05, 0.1) is 0 Å². The summed E-state index contributed by atoms with van der Waals surface area (Å²) < 4.78 is 26.3. The molecule has 0 saturated heterocycles. The van der Waals surface area contributed by atoms with E-state index in [1.165, 1.54) is 12.1 Å². The topological polar surface area (TPSA) is 0 Å². The molecule has 66 valence electrons. The summed E-state index contributed by atoms with van der Waals surface area (Å²) in [5.74, 6) is -0.969. The zero-order chi connectivity index (χ0) is 9.30. The van der Waals surface area contributed by atoms with Crippen molar-refractivity contribution in [2.75, 3.05) is 0 Å². The van der Waals surface area contributed by atoms with E-state index in [4.69, 9.17) is 0 Å². The van der Waals surface area contributed by atoms with Crippen LogP contribution in [0.25, 0.3) is 0 Å². The van der Waals surface area contributed by atoms with Crippen molar-refractivity contribution in [1.82, 2.24) is 0 Å². The SMILES string of the molecule is Cc1ccc(F)c(C(C)C)c1F. The average Bonchev–Trinajstić information content (AvgIpc) is 1.97. The van der Waals surface area contributed by atoms with Crippen LogP contribution in [0.2, 0.25) is 0 Å². The van der Waals surface area contributed by atoms with E-state index >= 15 is 0 Å². The van der Waals surface area contributed by atoms with Crippen molar-refractivity contribution >= 4 is 0 Å². The van der Waals surface area contributed by atoms with E-state index in [0.29, 0.717) is 5.56 Å². The summed E-state index contributed by atoms with van der Waals surface area (Å²) in [6, 6.07) is 2.77. The Morgan fingerprint density at radius 2 is 1.75 bits per heavy atom. The molecule has 0 aromatic heterocycles. The quantitative estimate of drug-likeness (QED) is 0.606. The molecule has 12 heavy (non-hydrogen) atoms. The molecular weight excluding hydrogens is 158 g/mol. The van der Waals surface area contributed by atoms with Crippen LogP contribution in [0.4, 0.5) is 8.78 Å². The first-order valence-electron chi connectivity index (χ1n) is 3.98. The third-order valence-corrected chi connectivity index (χ3v) is 1.90. The molecule has 0 N–H and O–H groups in total. The van der Waals surface area contributed by atoms with E-state index in [-0.39, 0.29) is 11.5 Å². The lowest BCUT2D eigenvalue weighted by Crippen LogP contribution is -1.99. The number of hydrogen-bond donors (Lipinski definition) is 0. The van der Waals surface area contributed by atoms with E-state index < -0.39 is 11.6 Å². The minimum absolute atomic E-state index is 0.107. The minimum atomic E-state index is -0.451. The highest BCUT2D eigenvalue weighted by Crippen LogP contribution is 2.23. The molecule has 0 spiro atoms. The van der Waals surface area contributed by atoms with Crippen molar-refractivity contribution in [2.45, 2.75) is 26.7 Å². The van der Waals surface area contributed by atoms with Gasteiger partial charge in [-0.15, -0.1) is 0 Å². The molecule has 0 atom stereocenters. The first kappa shape index (κ1) is 9.17.